The van der Waals surface area contributed by atoms with Gasteiger partial charge in [-0.3, -0.25) is 14.5 Å². The number of rotatable bonds is 7. The molecular formula is C19H28N4O2S2. The largest absolute Gasteiger partial charge is 0.335 e. The molecule has 0 aromatic carbocycles. The van der Waals surface area contributed by atoms with Crippen molar-refractivity contribution in [1.29, 1.82) is 0 Å². The Hall–Kier alpha value is -1.51. The maximum absolute atomic E-state index is 12.4. The van der Waals surface area contributed by atoms with Crippen molar-refractivity contribution >= 4 is 40.5 Å². The van der Waals surface area contributed by atoms with Crippen molar-refractivity contribution in [3.05, 3.63) is 22.4 Å². The highest BCUT2D eigenvalue weighted by atomic mass is 32.1. The molecule has 1 N–H and O–H groups in total. The number of thiophene rings is 1. The summed E-state index contributed by atoms with van der Waals surface area (Å²) in [7, 11) is 0. The van der Waals surface area contributed by atoms with Crippen molar-refractivity contribution in [1.82, 2.24) is 20.0 Å². The minimum absolute atomic E-state index is 0.0116. The topological polar surface area (TPSA) is 55.9 Å². The maximum atomic E-state index is 12.4. The first-order chi connectivity index (χ1) is 12.9. The van der Waals surface area contributed by atoms with Crippen molar-refractivity contribution in [3.63, 3.8) is 0 Å². The van der Waals surface area contributed by atoms with Crippen LogP contribution in [0.2, 0.25) is 0 Å². The Morgan fingerprint density at radius 2 is 1.89 bits per heavy atom. The molecule has 27 heavy (non-hydrogen) atoms. The van der Waals surface area contributed by atoms with Gasteiger partial charge in [-0.2, -0.15) is 0 Å². The molecule has 0 bridgehead atoms. The van der Waals surface area contributed by atoms with E-state index >= 15 is 0 Å². The van der Waals surface area contributed by atoms with E-state index in [1.165, 1.54) is 11.3 Å². The van der Waals surface area contributed by atoms with Gasteiger partial charge in [0.05, 0.1) is 4.88 Å². The monoisotopic (exact) mass is 408 g/mol. The number of hydrogen-bond acceptors (Lipinski definition) is 5. The fraction of sp³-hybridized carbons (Fsp3) is 0.632. The van der Waals surface area contributed by atoms with Crippen molar-refractivity contribution in [2.75, 3.05) is 39.3 Å². The van der Waals surface area contributed by atoms with Crippen LogP contribution in [0, 0.1) is 0 Å². The molecule has 0 atom stereocenters. The van der Waals surface area contributed by atoms with E-state index in [0.717, 1.165) is 63.4 Å². The van der Waals surface area contributed by atoms with Gasteiger partial charge in [-0.1, -0.05) is 12.5 Å². The van der Waals surface area contributed by atoms with Gasteiger partial charge >= 0.3 is 0 Å². The summed E-state index contributed by atoms with van der Waals surface area (Å²) >= 11 is 6.77. The first kappa shape index (κ1) is 20.2. The zero-order valence-electron chi connectivity index (χ0n) is 16.1. The van der Waals surface area contributed by atoms with Crippen LogP contribution in [-0.4, -0.2) is 76.4 Å². The number of nitrogens with zero attached hydrogens (tertiary/aromatic N) is 3. The first-order valence-corrected chi connectivity index (χ1v) is 10.9. The third-order valence-corrected chi connectivity index (χ3v) is 6.62. The zero-order valence-corrected chi connectivity index (χ0v) is 17.7. The van der Waals surface area contributed by atoms with Crippen LogP contribution in [0.5, 0.6) is 0 Å². The predicted molar refractivity (Wildman–Crippen MR) is 112 cm³/mol. The van der Waals surface area contributed by atoms with Gasteiger partial charge in [-0.15, -0.1) is 11.3 Å². The molecule has 0 spiro atoms. The van der Waals surface area contributed by atoms with Gasteiger partial charge in [0.15, 0.2) is 5.11 Å². The van der Waals surface area contributed by atoms with E-state index in [2.05, 4.69) is 10.2 Å². The maximum Gasteiger partial charge on any atom is 0.264 e. The van der Waals surface area contributed by atoms with Crippen molar-refractivity contribution in [2.45, 2.75) is 38.6 Å². The molecule has 3 rings (SSSR count). The van der Waals surface area contributed by atoms with Gasteiger partial charge in [0.1, 0.15) is 5.54 Å². The lowest BCUT2D eigenvalue weighted by molar-refractivity contribution is -0.125. The standard InChI is InChI=1S/C19H28N4O2S2/c1-19(2)17(25)20-18(26)23(19)9-5-3-4-8-21-10-12-22(13-11-21)16(24)15-7-6-14-27-15/h6-7,14H,3-5,8-13H2,1-2H3,(H,20,25,26). The normalized spacial score (nSPS) is 20.2. The summed E-state index contributed by atoms with van der Waals surface area (Å²) in [6.07, 6.45) is 3.26. The molecule has 0 aliphatic carbocycles. The van der Waals surface area contributed by atoms with E-state index in [1.54, 1.807) is 0 Å². The molecule has 2 saturated heterocycles. The highest BCUT2D eigenvalue weighted by molar-refractivity contribution is 7.80. The van der Waals surface area contributed by atoms with Gasteiger partial charge in [0.2, 0.25) is 0 Å². The lowest BCUT2D eigenvalue weighted by Gasteiger charge is -2.34. The fourth-order valence-corrected chi connectivity index (χ4v) is 4.69. The molecule has 2 aliphatic heterocycles. The molecule has 6 nitrogen and oxygen atoms in total. The quantitative estimate of drug-likeness (QED) is 0.554. The highest BCUT2D eigenvalue weighted by Gasteiger charge is 2.42. The SMILES string of the molecule is CC1(C)C(=O)NC(=S)N1CCCCCN1CCN(C(=O)c2cccs2)CC1. The van der Waals surface area contributed by atoms with Crippen molar-refractivity contribution in [2.24, 2.45) is 0 Å². The third-order valence-electron chi connectivity index (χ3n) is 5.44. The molecule has 2 aliphatic rings. The van der Waals surface area contributed by atoms with E-state index in [0.29, 0.717) is 5.11 Å². The van der Waals surface area contributed by atoms with E-state index < -0.39 is 5.54 Å². The van der Waals surface area contributed by atoms with Crippen LogP contribution in [0.1, 0.15) is 42.8 Å². The lowest BCUT2D eigenvalue weighted by atomic mass is 10.0. The van der Waals surface area contributed by atoms with E-state index in [4.69, 9.17) is 12.2 Å². The lowest BCUT2D eigenvalue weighted by Crippen LogP contribution is -2.48. The molecule has 3 heterocycles. The molecule has 2 amide bonds. The van der Waals surface area contributed by atoms with Gasteiger partial charge in [0, 0.05) is 32.7 Å². The smallest absolute Gasteiger partial charge is 0.264 e. The summed E-state index contributed by atoms with van der Waals surface area (Å²) in [6.45, 7) is 9.20. The number of piperazine rings is 1. The number of carbonyl (C=O) groups excluding carboxylic acids is 2. The minimum atomic E-state index is -0.539. The van der Waals surface area contributed by atoms with Crippen LogP contribution in [0.3, 0.4) is 0 Å². The second-order valence-electron chi connectivity index (χ2n) is 7.64. The molecule has 0 unspecified atom stereocenters. The van der Waals surface area contributed by atoms with Crippen LogP contribution < -0.4 is 5.32 Å². The Kier molecular flexibility index (Phi) is 6.49. The Morgan fingerprint density at radius 3 is 2.48 bits per heavy atom. The summed E-state index contributed by atoms with van der Waals surface area (Å²) in [5.74, 6) is 0.152. The number of nitrogens with one attached hydrogen (secondary N) is 1. The second kappa shape index (κ2) is 8.67. The van der Waals surface area contributed by atoms with Crippen molar-refractivity contribution < 1.29 is 9.59 Å². The Balaban J connectivity index is 1.31. The zero-order chi connectivity index (χ0) is 19.4. The van der Waals surface area contributed by atoms with E-state index in [9.17, 15) is 9.59 Å². The molecule has 1 aromatic rings. The third kappa shape index (κ3) is 4.67. The fourth-order valence-electron chi connectivity index (χ4n) is 3.59. The molecule has 2 fully saturated rings. The summed E-state index contributed by atoms with van der Waals surface area (Å²) in [5, 5.41) is 5.25. The Bertz CT molecular complexity index is 682. The van der Waals surface area contributed by atoms with Gasteiger partial charge in [-0.25, -0.2) is 0 Å². The van der Waals surface area contributed by atoms with E-state index in [1.807, 2.05) is 41.2 Å². The Morgan fingerprint density at radius 1 is 1.19 bits per heavy atom. The summed E-state index contributed by atoms with van der Waals surface area (Å²) in [4.78, 5) is 31.5. The average Bonchev–Trinajstić information content (AvgIpc) is 3.24. The molecule has 8 heteroatoms. The number of unbranched alkanes of at least 4 members (excludes halogenated alkanes) is 2. The number of carbonyl (C=O) groups is 2. The highest BCUT2D eigenvalue weighted by Crippen LogP contribution is 2.21. The van der Waals surface area contributed by atoms with Gasteiger partial charge in [0.25, 0.3) is 11.8 Å². The van der Waals surface area contributed by atoms with Gasteiger partial charge in [-0.05, 0) is 56.9 Å². The van der Waals surface area contributed by atoms with E-state index in [-0.39, 0.29) is 11.8 Å². The number of amides is 2. The minimum Gasteiger partial charge on any atom is -0.335 e. The number of thiocarbonyl (C=S) groups is 1. The van der Waals surface area contributed by atoms with Crippen LogP contribution in [0.15, 0.2) is 17.5 Å². The van der Waals surface area contributed by atoms with Crippen LogP contribution in [0.25, 0.3) is 0 Å². The summed E-state index contributed by atoms with van der Waals surface area (Å²) in [6, 6.07) is 3.83. The van der Waals surface area contributed by atoms with Crippen LogP contribution >= 0.6 is 23.6 Å². The Labute approximate surface area is 170 Å². The van der Waals surface area contributed by atoms with Crippen molar-refractivity contribution in [3.8, 4) is 0 Å². The van der Waals surface area contributed by atoms with Crippen LogP contribution in [0.4, 0.5) is 0 Å². The summed E-state index contributed by atoms with van der Waals surface area (Å²) in [5.41, 5.74) is -0.539. The molecule has 0 saturated carbocycles. The van der Waals surface area contributed by atoms with Gasteiger partial charge < -0.3 is 15.1 Å². The first-order valence-electron chi connectivity index (χ1n) is 9.58. The molecule has 1 aromatic heterocycles. The number of hydrogen-bond donors (Lipinski definition) is 1. The summed E-state index contributed by atoms with van der Waals surface area (Å²) < 4.78 is 0. The van der Waals surface area contributed by atoms with Crippen LogP contribution in [-0.2, 0) is 4.79 Å². The second-order valence-corrected chi connectivity index (χ2v) is 8.98. The molecule has 0 radical (unpaired) electrons. The predicted octanol–water partition coefficient (Wildman–Crippen LogP) is 2.17. The molecular weight excluding hydrogens is 380 g/mol. The molecule has 148 valence electrons. The average molecular weight is 409 g/mol.